The first-order valence-corrected chi connectivity index (χ1v) is 7.38. The molecule has 2 N–H and O–H groups in total. The van der Waals surface area contributed by atoms with Gasteiger partial charge in [0.2, 0.25) is 0 Å². The first-order valence-electron chi connectivity index (χ1n) is 7.38. The Morgan fingerprint density at radius 1 is 1.41 bits per heavy atom. The molecular formula is C16H25NO5. The summed E-state index contributed by atoms with van der Waals surface area (Å²) in [5.74, 6) is 0.957. The third kappa shape index (κ3) is 4.35. The Hall–Kier alpha value is -1.79. The summed E-state index contributed by atoms with van der Waals surface area (Å²) in [6, 6.07) is 3.59. The minimum Gasteiger partial charge on any atom is -0.496 e. The molecule has 0 bridgehead atoms. The number of ether oxygens (including phenoxy) is 2. The smallest absolute Gasteiger partial charge is 0.415 e. The van der Waals surface area contributed by atoms with Crippen LogP contribution in [0.4, 0.5) is 4.79 Å². The number of methoxy groups -OCH3 is 1. The summed E-state index contributed by atoms with van der Waals surface area (Å²) in [5.41, 5.74) is 1.45. The van der Waals surface area contributed by atoms with E-state index in [1.165, 1.54) is 18.4 Å². The van der Waals surface area contributed by atoms with Crippen LogP contribution >= 0.6 is 0 Å². The van der Waals surface area contributed by atoms with Crippen molar-refractivity contribution in [1.82, 2.24) is 4.90 Å². The van der Waals surface area contributed by atoms with Gasteiger partial charge in [0.05, 0.1) is 26.4 Å². The molecule has 124 valence electrons. The van der Waals surface area contributed by atoms with Crippen LogP contribution in [-0.2, 0) is 13.0 Å². The molecule has 1 atom stereocenters. The van der Waals surface area contributed by atoms with Crippen LogP contribution in [0.3, 0.4) is 0 Å². The molecule has 0 aromatic heterocycles. The Morgan fingerprint density at radius 3 is 2.59 bits per heavy atom. The molecule has 0 radical (unpaired) electrons. The van der Waals surface area contributed by atoms with Crippen LogP contribution in [0.15, 0.2) is 12.1 Å². The minimum atomic E-state index is -0.918. The van der Waals surface area contributed by atoms with Crippen LogP contribution in [0.1, 0.15) is 31.4 Å². The maximum Gasteiger partial charge on any atom is 0.415 e. The molecule has 1 amide bonds. The predicted molar refractivity (Wildman–Crippen MR) is 83.2 cm³/mol. The zero-order chi connectivity index (χ0) is 16.7. The lowest BCUT2D eigenvalue weighted by Gasteiger charge is -2.27. The number of fused-ring (bicyclic) bond motifs is 1. The van der Waals surface area contributed by atoms with E-state index < -0.39 is 12.2 Å². The number of rotatable bonds is 4. The summed E-state index contributed by atoms with van der Waals surface area (Å²) >= 11 is 0. The van der Waals surface area contributed by atoms with Gasteiger partial charge in [0.1, 0.15) is 11.5 Å². The fraction of sp³-hybridized carbons (Fsp3) is 0.562. The van der Waals surface area contributed by atoms with Crippen LogP contribution in [-0.4, -0.2) is 48.1 Å². The number of benzene rings is 1. The fourth-order valence-electron chi connectivity index (χ4n) is 2.08. The summed E-state index contributed by atoms with van der Waals surface area (Å²) in [7, 11) is 3.16. The average Bonchev–Trinajstić information content (AvgIpc) is 2.50. The van der Waals surface area contributed by atoms with Crippen molar-refractivity contribution in [2.24, 2.45) is 0 Å². The van der Waals surface area contributed by atoms with E-state index in [9.17, 15) is 9.90 Å². The van der Waals surface area contributed by atoms with Crippen molar-refractivity contribution in [3.63, 3.8) is 0 Å². The molecule has 1 aliphatic rings. The van der Waals surface area contributed by atoms with Crippen LogP contribution in [0.2, 0.25) is 0 Å². The highest BCUT2D eigenvalue weighted by Gasteiger charge is 2.27. The van der Waals surface area contributed by atoms with Crippen molar-refractivity contribution in [3.05, 3.63) is 23.3 Å². The maximum atomic E-state index is 11.6. The lowest BCUT2D eigenvalue weighted by Crippen LogP contribution is -2.34. The first kappa shape index (κ1) is 18.3. The van der Waals surface area contributed by atoms with Gasteiger partial charge in [0.25, 0.3) is 0 Å². The van der Waals surface area contributed by atoms with Crippen LogP contribution in [0.5, 0.6) is 11.5 Å². The van der Waals surface area contributed by atoms with Crippen molar-refractivity contribution >= 4 is 6.09 Å². The van der Waals surface area contributed by atoms with Crippen LogP contribution in [0.25, 0.3) is 0 Å². The van der Waals surface area contributed by atoms with Crippen molar-refractivity contribution in [2.45, 2.75) is 39.3 Å². The highest BCUT2D eigenvalue weighted by Crippen LogP contribution is 2.36. The van der Waals surface area contributed by atoms with Gasteiger partial charge < -0.3 is 24.6 Å². The number of aliphatic hydroxyl groups excluding tert-OH is 2. The molecule has 0 fully saturated rings. The van der Waals surface area contributed by atoms with Gasteiger partial charge in [-0.25, -0.2) is 4.79 Å². The molecule has 1 unspecified atom stereocenters. The standard InChI is InChI=1S/C13H17NO5.C3H8/c1-14-6-8-3-4-11(18-2)10(5-9(16)7-15)12(8)19-13(14)17;1-3-2/h3-4,9,15-16H,5-7H2,1-2H3;3H2,1-2H3. The third-order valence-electron chi connectivity index (χ3n) is 3.08. The highest BCUT2D eigenvalue weighted by atomic mass is 16.6. The molecule has 6 heteroatoms. The van der Waals surface area contributed by atoms with Crippen LogP contribution in [0, 0.1) is 0 Å². The molecule has 2 rings (SSSR count). The maximum absolute atomic E-state index is 11.6. The minimum absolute atomic E-state index is 0.167. The molecule has 0 saturated heterocycles. The summed E-state index contributed by atoms with van der Waals surface area (Å²) in [5, 5.41) is 18.5. The van der Waals surface area contributed by atoms with E-state index in [1.807, 2.05) is 6.07 Å². The Balaban J connectivity index is 0.000000745. The highest BCUT2D eigenvalue weighted by molar-refractivity contribution is 5.74. The topological polar surface area (TPSA) is 79.2 Å². The van der Waals surface area contributed by atoms with Crippen LogP contribution < -0.4 is 9.47 Å². The van der Waals surface area contributed by atoms with Gasteiger partial charge in [-0.3, -0.25) is 0 Å². The van der Waals surface area contributed by atoms with Gasteiger partial charge in [-0.15, -0.1) is 0 Å². The summed E-state index contributed by atoms with van der Waals surface area (Å²) in [4.78, 5) is 13.1. The van der Waals surface area contributed by atoms with E-state index in [4.69, 9.17) is 14.6 Å². The number of nitrogens with zero attached hydrogens (tertiary/aromatic N) is 1. The largest absolute Gasteiger partial charge is 0.496 e. The van der Waals surface area contributed by atoms with Gasteiger partial charge in [0, 0.05) is 24.6 Å². The molecule has 0 aliphatic carbocycles. The van der Waals surface area contributed by atoms with E-state index in [1.54, 1.807) is 13.1 Å². The number of carbonyl (C=O) groups excluding carboxylic acids is 1. The normalized spacial score (nSPS) is 14.5. The van der Waals surface area contributed by atoms with E-state index in [0.717, 1.165) is 5.56 Å². The van der Waals surface area contributed by atoms with Crippen molar-refractivity contribution in [2.75, 3.05) is 20.8 Å². The molecule has 0 saturated carbocycles. The summed E-state index contributed by atoms with van der Waals surface area (Å²) < 4.78 is 10.5. The Kier molecular flexibility index (Phi) is 7.14. The second kappa shape index (κ2) is 8.60. The Morgan fingerprint density at radius 2 is 2.05 bits per heavy atom. The van der Waals surface area contributed by atoms with E-state index in [-0.39, 0.29) is 13.0 Å². The molecule has 0 spiro atoms. The van der Waals surface area contributed by atoms with Crippen molar-refractivity contribution in [3.8, 4) is 11.5 Å². The zero-order valence-corrected chi connectivity index (χ0v) is 13.6. The van der Waals surface area contributed by atoms with Gasteiger partial charge in [-0.2, -0.15) is 0 Å². The number of amides is 1. The average molecular weight is 311 g/mol. The van der Waals surface area contributed by atoms with Gasteiger partial charge in [0.15, 0.2) is 0 Å². The van der Waals surface area contributed by atoms with Gasteiger partial charge in [-0.05, 0) is 12.1 Å². The Labute approximate surface area is 131 Å². The van der Waals surface area contributed by atoms with E-state index >= 15 is 0 Å². The van der Waals surface area contributed by atoms with Crippen molar-refractivity contribution < 1.29 is 24.5 Å². The second-order valence-corrected chi connectivity index (χ2v) is 5.21. The lowest BCUT2D eigenvalue weighted by atomic mass is 10.0. The van der Waals surface area contributed by atoms with E-state index in [0.29, 0.717) is 23.6 Å². The van der Waals surface area contributed by atoms with E-state index in [2.05, 4.69) is 13.8 Å². The molecule has 1 aromatic carbocycles. The van der Waals surface area contributed by atoms with Crippen molar-refractivity contribution in [1.29, 1.82) is 0 Å². The number of hydrogen-bond donors (Lipinski definition) is 2. The lowest BCUT2D eigenvalue weighted by molar-refractivity contribution is 0.0937. The molecular weight excluding hydrogens is 286 g/mol. The number of hydrogen-bond acceptors (Lipinski definition) is 5. The fourth-order valence-corrected chi connectivity index (χ4v) is 2.08. The molecule has 6 nitrogen and oxygen atoms in total. The van der Waals surface area contributed by atoms with Gasteiger partial charge >= 0.3 is 6.09 Å². The molecule has 22 heavy (non-hydrogen) atoms. The first-order chi connectivity index (χ1) is 10.5. The quantitative estimate of drug-likeness (QED) is 0.888. The monoisotopic (exact) mass is 311 g/mol. The zero-order valence-electron chi connectivity index (χ0n) is 13.6. The summed E-state index contributed by atoms with van der Waals surface area (Å²) in [6.45, 7) is 4.33. The molecule has 1 heterocycles. The summed E-state index contributed by atoms with van der Waals surface area (Å²) in [6.07, 6.45) is 0.0547. The predicted octanol–water partition coefficient (Wildman–Crippen LogP) is 1.95. The molecule has 1 aliphatic heterocycles. The molecule has 1 aromatic rings. The van der Waals surface area contributed by atoms with Gasteiger partial charge in [-0.1, -0.05) is 20.3 Å². The number of carbonyl (C=O) groups is 1. The SMILES string of the molecule is CCC.COc1ccc2c(c1CC(O)CO)OC(=O)N(C)C2. The third-order valence-corrected chi connectivity index (χ3v) is 3.08. The number of aliphatic hydroxyl groups is 2. The Bertz CT molecular complexity index is 504. The second-order valence-electron chi connectivity index (χ2n) is 5.21.